The molecule has 28 heavy (non-hydrogen) atoms. The van der Waals surface area contributed by atoms with Crippen molar-refractivity contribution in [1.29, 1.82) is 0 Å². The number of carbonyl (C=O) groups excluding carboxylic acids is 4. The maximum atomic E-state index is 12.5. The number of nitrogens with one attached hydrogen (secondary N) is 1. The van der Waals surface area contributed by atoms with Crippen LogP contribution in [0.1, 0.15) is 60.2 Å². The van der Waals surface area contributed by atoms with E-state index in [-0.39, 0.29) is 42.6 Å². The first kappa shape index (κ1) is 20.0. The standard InChI is InChI=1S/C21H27N3O4/c1-14(2)13-18(25)22-15-7-10-23(11-8-15)19(26)9-12-24-20(27)16-5-3-4-6-17(16)21(24)28/h3-6,14-15H,7-13H2,1-2H3,(H,22,25). The largest absolute Gasteiger partial charge is 0.353 e. The van der Waals surface area contributed by atoms with Gasteiger partial charge in [-0.3, -0.25) is 24.1 Å². The van der Waals surface area contributed by atoms with Gasteiger partial charge in [0.05, 0.1) is 11.1 Å². The molecule has 1 aromatic carbocycles. The zero-order valence-corrected chi connectivity index (χ0v) is 16.4. The lowest BCUT2D eigenvalue weighted by Crippen LogP contribution is -2.47. The van der Waals surface area contributed by atoms with Gasteiger partial charge in [-0.2, -0.15) is 0 Å². The van der Waals surface area contributed by atoms with Gasteiger partial charge in [0, 0.05) is 38.5 Å². The molecular formula is C21H27N3O4. The number of fused-ring (bicyclic) bond motifs is 1. The number of amides is 4. The Morgan fingerprint density at radius 3 is 2.18 bits per heavy atom. The predicted octanol–water partition coefficient (Wildman–Crippen LogP) is 1.83. The molecule has 0 bridgehead atoms. The molecule has 0 unspecified atom stereocenters. The molecule has 0 radical (unpaired) electrons. The molecule has 0 saturated carbocycles. The summed E-state index contributed by atoms with van der Waals surface area (Å²) in [7, 11) is 0. The highest BCUT2D eigenvalue weighted by Gasteiger charge is 2.35. The highest BCUT2D eigenvalue weighted by Crippen LogP contribution is 2.22. The Morgan fingerprint density at radius 1 is 1.07 bits per heavy atom. The lowest BCUT2D eigenvalue weighted by molar-refractivity contribution is -0.132. The van der Waals surface area contributed by atoms with Crippen molar-refractivity contribution in [1.82, 2.24) is 15.1 Å². The van der Waals surface area contributed by atoms with Crippen LogP contribution in [0.15, 0.2) is 24.3 Å². The molecular weight excluding hydrogens is 358 g/mol. The average molecular weight is 385 g/mol. The fraction of sp³-hybridized carbons (Fsp3) is 0.524. The number of hydrogen-bond donors (Lipinski definition) is 1. The zero-order chi connectivity index (χ0) is 20.3. The lowest BCUT2D eigenvalue weighted by Gasteiger charge is -2.33. The first-order chi connectivity index (χ1) is 13.4. The summed E-state index contributed by atoms with van der Waals surface area (Å²) in [6.07, 6.45) is 2.08. The molecule has 0 atom stereocenters. The molecule has 1 aromatic rings. The van der Waals surface area contributed by atoms with Crippen molar-refractivity contribution in [2.24, 2.45) is 5.92 Å². The molecule has 3 rings (SSSR count). The van der Waals surface area contributed by atoms with E-state index in [0.717, 1.165) is 17.7 Å². The van der Waals surface area contributed by atoms with Gasteiger partial charge in [0.15, 0.2) is 0 Å². The Bertz CT molecular complexity index is 747. The van der Waals surface area contributed by atoms with Crippen LogP contribution in [-0.2, 0) is 9.59 Å². The van der Waals surface area contributed by atoms with Gasteiger partial charge in [0.2, 0.25) is 11.8 Å². The molecule has 1 fully saturated rings. The van der Waals surface area contributed by atoms with Crippen molar-refractivity contribution in [3.63, 3.8) is 0 Å². The zero-order valence-electron chi connectivity index (χ0n) is 16.4. The molecule has 7 nitrogen and oxygen atoms in total. The number of carbonyl (C=O) groups is 4. The molecule has 2 aliphatic rings. The van der Waals surface area contributed by atoms with Crippen LogP contribution >= 0.6 is 0 Å². The quantitative estimate of drug-likeness (QED) is 0.757. The van der Waals surface area contributed by atoms with E-state index in [9.17, 15) is 19.2 Å². The summed E-state index contributed by atoms with van der Waals surface area (Å²) in [5.74, 6) is -0.349. The number of imide groups is 1. The summed E-state index contributed by atoms with van der Waals surface area (Å²) in [4.78, 5) is 52.0. The minimum atomic E-state index is -0.333. The second-order valence-corrected chi connectivity index (χ2v) is 7.88. The van der Waals surface area contributed by atoms with Crippen molar-refractivity contribution in [3.05, 3.63) is 35.4 Å². The van der Waals surface area contributed by atoms with Gasteiger partial charge in [-0.05, 0) is 30.9 Å². The summed E-state index contributed by atoms with van der Waals surface area (Å²) in [6.45, 7) is 5.27. The van der Waals surface area contributed by atoms with E-state index in [1.54, 1.807) is 29.2 Å². The molecule has 2 aliphatic heterocycles. The third-order valence-corrected chi connectivity index (χ3v) is 5.23. The Morgan fingerprint density at radius 2 is 1.64 bits per heavy atom. The molecule has 0 aromatic heterocycles. The van der Waals surface area contributed by atoms with Gasteiger partial charge in [-0.15, -0.1) is 0 Å². The van der Waals surface area contributed by atoms with Gasteiger partial charge in [-0.1, -0.05) is 26.0 Å². The molecule has 4 amide bonds. The maximum absolute atomic E-state index is 12.5. The maximum Gasteiger partial charge on any atom is 0.261 e. The van der Waals surface area contributed by atoms with Crippen LogP contribution in [0.2, 0.25) is 0 Å². The summed E-state index contributed by atoms with van der Waals surface area (Å²) in [5.41, 5.74) is 0.802. The van der Waals surface area contributed by atoms with Crippen molar-refractivity contribution in [2.75, 3.05) is 19.6 Å². The van der Waals surface area contributed by atoms with E-state index in [4.69, 9.17) is 0 Å². The smallest absolute Gasteiger partial charge is 0.261 e. The van der Waals surface area contributed by atoms with Gasteiger partial charge < -0.3 is 10.2 Å². The van der Waals surface area contributed by atoms with Crippen LogP contribution in [0.25, 0.3) is 0 Å². The average Bonchev–Trinajstić information content (AvgIpc) is 2.90. The molecule has 1 N–H and O–H groups in total. The Labute approximate surface area is 165 Å². The highest BCUT2D eigenvalue weighted by atomic mass is 16.2. The van der Waals surface area contributed by atoms with E-state index in [1.165, 1.54) is 0 Å². The molecule has 150 valence electrons. The van der Waals surface area contributed by atoms with E-state index in [1.807, 2.05) is 13.8 Å². The van der Waals surface area contributed by atoms with E-state index in [0.29, 0.717) is 36.6 Å². The number of rotatable bonds is 6. The van der Waals surface area contributed by atoms with E-state index >= 15 is 0 Å². The number of piperidine rings is 1. The molecule has 0 aliphatic carbocycles. The van der Waals surface area contributed by atoms with Crippen molar-refractivity contribution in [2.45, 2.75) is 45.6 Å². The number of nitrogens with zero attached hydrogens (tertiary/aromatic N) is 2. The van der Waals surface area contributed by atoms with Crippen molar-refractivity contribution < 1.29 is 19.2 Å². The minimum Gasteiger partial charge on any atom is -0.353 e. The Kier molecular flexibility index (Phi) is 6.11. The topological polar surface area (TPSA) is 86.8 Å². The second kappa shape index (κ2) is 8.54. The molecule has 7 heteroatoms. The molecule has 1 saturated heterocycles. The van der Waals surface area contributed by atoms with Crippen LogP contribution in [-0.4, -0.2) is 59.1 Å². The summed E-state index contributed by atoms with van der Waals surface area (Å²) >= 11 is 0. The fourth-order valence-corrected chi connectivity index (χ4v) is 3.74. The van der Waals surface area contributed by atoms with E-state index < -0.39 is 0 Å². The first-order valence-electron chi connectivity index (χ1n) is 9.89. The van der Waals surface area contributed by atoms with Crippen LogP contribution in [0.5, 0.6) is 0 Å². The van der Waals surface area contributed by atoms with Crippen LogP contribution < -0.4 is 5.32 Å². The monoisotopic (exact) mass is 385 g/mol. The highest BCUT2D eigenvalue weighted by molar-refractivity contribution is 6.21. The fourth-order valence-electron chi connectivity index (χ4n) is 3.74. The summed E-state index contributed by atoms with van der Waals surface area (Å²) in [6, 6.07) is 6.82. The van der Waals surface area contributed by atoms with Crippen LogP contribution in [0.3, 0.4) is 0 Å². The first-order valence-corrected chi connectivity index (χ1v) is 9.89. The Hall–Kier alpha value is -2.70. The Balaban J connectivity index is 1.45. The SMILES string of the molecule is CC(C)CC(=O)NC1CCN(C(=O)CCN2C(=O)c3ccccc3C2=O)CC1. The number of hydrogen-bond acceptors (Lipinski definition) is 4. The normalized spacial score (nSPS) is 17.2. The summed E-state index contributed by atoms with van der Waals surface area (Å²) < 4.78 is 0. The predicted molar refractivity (Wildman–Crippen MR) is 104 cm³/mol. The number of likely N-dealkylation sites (tertiary alicyclic amines) is 1. The van der Waals surface area contributed by atoms with E-state index in [2.05, 4.69) is 5.32 Å². The lowest BCUT2D eigenvalue weighted by atomic mass is 10.0. The van der Waals surface area contributed by atoms with Crippen molar-refractivity contribution >= 4 is 23.6 Å². The third kappa shape index (κ3) is 4.40. The van der Waals surface area contributed by atoms with Gasteiger partial charge in [-0.25, -0.2) is 0 Å². The molecule has 0 spiro atoms. The van der Waals surface area contributed by atoms with Crippen LogP contribution in [0, 0.1) is 5.92 Å². The van der Waals surface area contributed by atoms with Crippen molar-refractivity contribution in [3.8, 4) is 0 Å². The van der Waals surface area contributed by atoms with Crippen LogP contribution in [0.4, 0.5) is 0 Å². The molecule has 2 heterocycles. The summed E-state index contributed by atoms with van der Waals surface area (Å²) in [5, 5.41) is 3.03. The van der Waals surface area contributed by atoms with Gasteiger partial charge in [0.1, 0.15) is 0 Å². The van der Waals surface area contributed by atoms with Gasteiger partial charge in [0.25, 0.3) is 11.8 Å². The second-order valence-electron chi connectivity index (χ2n) is 7.88. The number of benzene rings is 1. The van der Waals surface area contributed by atoms with Gasteiger partial charge >= 0.3 is 0 Å². The minimum absolute atomic E-state index is 0.0606. The third-order valence-electron chi connectivity index (χ3n) is 5.23.